The highest BCUT2D eigenvalue weighted by Crippen LogP contribution is 2.29. The molecule has 0 saturated carbocycles. The highest BCUT2D eigenvalue weighted by molar-refractivity contribution is 7.13. The molecule has 1 amide bonds. The normalized spacial score (nSPS) is 11.1. The van der Waals surface area contributed by atoms with Crippen LogP contribution in [0.5, 0.6) is 0 Å². The molecule has 0 aliphatic rings. The molecule has 3 aromatic rings. The third kappa shape index (κ3) is 3.12. The van der Waals surface area contributed by atoms with Crippen LogP contribution in [0.3, 0.4) is 0 Å². The molecule has 2 heterocycles. The van der Waals surface area contributed by atoms with Gasteiger partial charge in [-0.05, 0) is 29.7 Å². The van der Waals surface area contributed by atoms with Crippen molar-refractivity contribution in [1.29, 1.82) is 5.26 Å². The molecular weight excluding hydrogens is 320 g/mol. The molecule has 0 aliphatic carbocycles. The maximum absolute atomic E-state index is 11.8. The number of nitrogens with one attached hydrogen (secondary N) is 1. The minimum Gasteiger partial charge on any atom is -0.354 e. The van der Waals surface area contributed by atoms with Gasteiger partial charge in [-0.2, -0.15) is 10.4 Å². The second-order valence-corrected chi connectivity index (χ2v) is 5.89. The second-order valence-electron chi connectivity index (χ2n) is 4.94. The van der Waals surface area contributed by atoms with Crippen LogP contribution in [-0.4, -0.2) is 22.7 Å². The lowest BCUT2D eigenvalue weighted by molar-refractivity contribution is -0.116. The molecule has 0 atom stereocenters. The summed E-state index contributed by atoms with van der Waals surface area (Å²) in [6.07, 6.45) is 3.39. The Labute approximate surface area is 143 Å². The van der Waals surface area contributed by atoms with Crippen molar-refractivity contribution in [2.45, 2.75) is 0 Å². The molecule has 118 valence electrons. The van der Waals surface area contributed by atoms with Crippen molar-refractivity contribution in [1.82, 2.24) is 15.1 Å². The number of thiophene rings is 1. The van der Waals surface area contributed by atoms with Crippen molar-refractivity contribution in [3.8, 4) is 22.3 Å². The summed E-state index contributed by atoms with van der Waals surface area (Å²) in [5.74, 6) is -0.415. The van der Waals surface area contributed by atoms with Crippen LogP contribution in [0, 0.1) is 11.3 Å². The van der Waals surface area contributed by atoms with Gasteiger partial charge in [0.1, 0.15) is 17.3 Å². The Bertz CT molecular complexity index is 918. The van der Waals surface area contributed by atoms with E-state index >= 15 is 0 Å². The van der Waals surface area contributed by atoms with E-state index in [1.54, 1.807) is 22.1 Å². The summed E-state index contributed by atoms with van der Waals surface area (Å²) in [6.45, 7) is 0. The van der Waals surface area contributed by atoms with Crippen LogP contribution in [0.4, 0.5) is 0 Å². The number of likely N-dealkylation sites (N-methyl/N-ethyl adjacent to an activating group) is 1. The van der Waals surface area contributed by atoms with E-state index in [1.807, 2.05) is 60.1 Å². The van der Waals surface area contributed by atoms with E-state index in [2.05, 4.69) is 10.4 Å². The zero-order chi connectivity index (χ0) is 16.9. The molecule has 0 aliphatic heterocycles. The third-order valence-corrected chi connectivity index (χ3v) is 4.29. The fourth-order valence-corrected chi connectivity index (χ4v) is 2.98. The van der Waals surface area contributed by atoms with Gasteiger partial charge in [-0.1, -0.05) is 24.3 Å². The number of hydrogen-bond acceptors (Lipinski definition) is 4. The van der Waals surface area contributed by atoms with Gasteiger partial charge >= 0.3 is 0 Å². The minimum atomic E-state index is -0.415. The Kier molecular flexibility index (Phi) is 4.54. The first-order chi connectivity index (χ1) is 11.7. The Morgan fingerprint density at radius 3 is 2.71 bits per heavy atom. The van der Waals surface area contributed by atoms with Gasteiger partial charge in [-0.15, -0.1) is 11.3 Å². The molecule has 1 N–H and O–H groups in total. The largest absolute Gasteiger partial charge is 0.354 e. The number of rotatable bonds is 4. The zero-order valence-corrected chi connectivity index (χ0v) is 13.7. The SMILES string of the molecule is CNC(=O)C(C#N)=Cc1cn(-c2ccccc2)nc1-c1cccs1. The summed E-state index contributed by atoms with van der Waals surface area (Å²) < 4.78 is 1.75. The van der Waals surface area contributed by atoms with Crippen molar-refractivity contribution in [3.63, 3.8) is 0 Å². The van der Waals surface area contributed by atoms with Crippen LogP contribution in [0.1, 0.15) is 5.56 Å². The molecule has 5 nitrogen and oxygen atoms in total. The lowest BCUT2D eigenvalue weighted by atomic mass is 10.1. The maximum Gasteiger partial charge on any atom is 0.261 e. The van der Waals surface area contributed by atoms with Crippen LogP contribution >= 0.6 is 11.3 Å². The number of para-hydroxylation sites is 1. The monoisotopic (exact) mass is 334 g/mol. The number of carbonyl (C=O) groups excluding carboxylic acids is 1. The predicted molar refractivity (Wildman–Crippen MR) is 94.5 cm³/mol. The molecule has 0 bridgehead atoms. The summed E-state index contributed by atoms with van der Waals surface area (Å²) in [5, 5.41) is 18.3. The molecule has 3 rings (SSSR count). The van der Waals surface area contributed by atoms with Crippen LogP contribution < -0.4 is 5.32 Å². The Balaban J connectivity index is 2.14. The topological polar surface area (TPSA) is 70.7 Å². The Morgan fingerprint density at radius 2 is 2.08 bits per heavy atom. The number of aromatic nitrogens is 2. The first-order valence-electron chi connectivity index (χ1n) is 7.26. The summed E-state index contributed by atoms with van der Waals surface area (Å²) >= 11 is 1.56. The second kappa shape index (κ2) is 6.94. The Morgan fingerprint density at radius 1 is 1.29 bits per heavy atom. The quantitative estimate of drug-likeness (QED) is 0.588. The van der Waals surface area contributed by atoms with E-state index in [9.17, 15) is 10.1 Å². The molecule has 1 aromatic carbocycles. The highest BCUT2D eigenvalue weighted by Gasteiger charge is 2.14. The van der Waals surface area contributed by atoms with E-state index in [0.29, 0.717) is 0 Å². The van der Waals surface area contributed by atoms with Gasteiger partial charge in [0.15, 0.2) is 0 Å². The van der Waals surface area contributed by atoms with E-state index in [-0.39, 0.29) is 5.57 Å². The van der Waals surface area contributed by atoms with Gasteiger partial charge in [-0.25, -0.2) is 4.68 Å². The third-order valence-electron chi connectivity index (χ3n) is 3.41. The first-order valence-corrected chi connectivity index (χ1v) is 8.13. The van der Waals surface area contributed by atoms with Gasteiger partial charge in [0.25, 0.3) is 5.91 Å². The van der Waals surface area contributed by atoms with Crippen molar-refractivity contribution in [2.75, 3.05) is 7.05 Å². The number of amides is 1. The number of carbonyl (C=O) groups is 1. The van der Waals surface area contributed by atoms with Crippen LogP contribution in [0.25, 0.3) is 22.3 Å². The fourth-order valence-electron chi connectivity index (χ4n) is 2.25. The van der Waals surface area contributed by atoms with E-state index in [0.717, 1.165) is 21.8 Å². The first kappa shape index (κ1) is 15.7. The summed E-state index contributed by atoms with van der Waals surface area (Å²) in [6, 6.07) is 15.5. The summed E-state index contributed by atoms with van der Waals surface area (Å²) in [5.41, 5.74) is 2.42. The molecule has 6 heteroatoms. The molecule has 0 fully saturated rings. The molecule has 2 aromatic heterocycles. The number of nitriles is 1. The average Bonchev–Trinajstić information content (AvgIpc) is 3.29. The van der Waals surface area contributed by atoms with Gasteiger partial charge in [-0.3, -0.25) is 4.79 Å². The van der Waals surface area contributed by atoms with Crippen LogP contribution in [-0.2, 0) is 4.79 Å². The van der Waals surface area contributed by atoms with Crippen molar-refractivity contribution in [3.05, 3.63) is 65.2 Å². The smallest absolute Gasteiger partial charge is 0.261 e. The molecule has 0 saturated heterocycles. The van der Waals surface area contributed by atoms with E-state index < -0.39 is 5.91 Å². The fraction of sp³-hybridized carbons (Fsp3) is 0.0556. The standard InChI is InChI=1S/C18H14N4OS/c1-20-18(23)13(11-19)10-14-12-22(15-6-3-2-4-7-15)21-17(14)16-8-5-9-24-16/h2-10,12H,1H3,(H,20,23). The lowest BCUT2D eigenvalue weighted by Crippen LogP contribution is -2.19. The summed E-state index contributed by atoms with van der Waals surface area (Å²) in [4.78, 5) is 12.8. The summed E-state index contributed by atoms with van der Waals surface area (Å²) in [7, 11) is 1.50. The predicted octanol–water partition coefficient (Wildman–Crippen LogP) is 3.25. The van der Waals surface area contributed by atoms with Gasteiger partial charge < -0.3 is 5.32 Å². The lowest BCUT2D eigenvalue weighted by Gasteiger charge is -1.99. The van der Waals surface area contributed by atoms with Gasteiger partial charge in [0.2, 0.25) is 0 Å². The molecule has 24 heavy (non-hydrogen) atoms. The number of hydrogen-bond donors (Lipinski definition) is 1. The minimum absolute atomic E-state index is 0.0444. The van der Waals surface area contributed by atoms with Crippen LogP contribution in [0.2, 0.25) is 0 Å². The van der Waals surface area contributed by atoms with Gasteiger partial charge in [0, 0.05) is 18.8 Å². The van der Waals surface area contributed by atoms with Crippen LogP contribution in [0.15, 0.2) is 59.6 Å². The molecule has 0 radical (unpaired) electrons. The number of nitrogens with zero attached hydrogens (tertiary/aromatic N) is 3. The molecular formula is C18H14N4OS. The van der Waals surface area contributed by atoms with E-state index in [4.69, 9.17) is 0 Å². The van der Waals surface area contributed by atoms with E-state index in [1.165, 1.54) is 7.05 Å². The number of benzene rings is 1. The maximum atomic E-state index is 11.8. The molecule has 0 unspecified atom stereocenters. The van der Waals surface area contributed by atoms with Crippen molar-refractivity contribution >= 4 is 23.3 Å². The highest BCUT2D eigenvalue weighted by atomic mass is 32.1. The average molecular weight is 334 g/mol. The van der Waals surface area contributed by atoms with Crippen molar-refractivity contribution in [2.24, 2.45) is 0 Å². The Hall–Kier alpha value is -3.17. The molecule has 0 spiro atoms. The van der Waals surface area contributed by atoms with Crippen molar-refractivity contribution < 1.29 is 4.79 Å². The van der Waals surface area contributed by atoms with Gasteiger partial charge in [0.05, 0.1) is 10.6 Å². The zero-order valence-electron chi connectivity index (χ0n) is 12.9.